The molecule has 234 valence electrons. The summed E-state index contributed by atoms with van der Waals surface area (Å²) in [6.45, 7) is 12.0. The number of piperazine rings is 1. The van der Waals surface area contributed by atoms with Crippen LogP contribution in [0.2, 0.25) is 0 Å². The number of rotatable bonds is 10. The first-order chi connectivity index (χ1) is 20.5. The Kier molecular flexibility index (Phi) is 10.2. The number of carbonyl (C=O) groups excluding carboxylic acids is 2. The van der Waals surface area contributed by atoms with Crippen LogP contribution in [-0.4, -0.2) is 92.1 Å². The molecular formula is C31H40BrFN4O6. The second-order valence-corrected chi connectivity index (χ2v) is 11.8. The number of ketones is 1. The Morgan fingerprint density at radius 3 is 2.28 bits per heavy atom. The van der Waals surface area contributed by atoms with Crippen molar-refractivity contribution in [1.82, 2.24) is 9.80 Å². The zero-order valence-corrected chi connectivity index (χ0v) is 27.2. The fourth-order valence-corrected chi connectivity index (χ4v) is 5.98. The number of benzene rings is 2. The van der Waals surface area contributed by atoms with Gasteiger partial charge in [-0.25, -0.2) is 4.39 Å². The van der Waals surface area contributed by atoms with Gasteiger partial charge in [-0.3, -0.25) is 9.59 Å². The Hall–Kier alpha value is -3.38. The summed E-state index contributed by atoms with van der Waals surface area (Å²) in [5, 5.41) is 9.27. The van der Waals surface area contributed by atoms with Crippen LogP contribution in [0.3, 0.4) is 0 Å². The minimum atomic E-state index is -0.573. The van der Waals surface area contributed by atoms with Gasteiger partial charge in [0.15, 0.2) is 23.1 Å². The molecule has 0 aliphatic carbocycles. The average Bonchev–Trinajstić information content (AvgIpc) is 3.34. The first-order valence-corrected chi connectivity index (χ1v) is 15.1. The van der Waals surface area contributed by atoms with Crippen molar-refractivity contribution in [2.75, 3.05) is 64.6 Å². The van der Waals surface area contributed by atoms with Crippen LogP contribution >= 0.6 is 16.1 Å². The molecule has 2 aromatic carbocycles. The van der Waals surface area contributed by atoms with Gasteiger partial charge in [0.1, 0.15) is 18.2 Å². The SMILES string of the molecule is CCOc1cc2c(c(F)c1OCC)C(=NBr)N(CC(=O)c1cc(N3CCN(C(=O)CO)CC3)c(OC)c(C(C)(C)C)c1)C2. The number of Topliss-reactive ketones (excluding diaryl/α,β-unsaturated/α-hetero) is 1. The molecule has 2 aliphatic heterocycles. The Bertz CT molecular complexity index is 1400. The summed E-state index contributed by atoms with van der Waals surface area (Å²) in [5.74, 6) is 0.283. The maximum absolute atomic E-state index is 15.8. The number of ether oxygens (including phenoxy) is 3. The molecule has 1 fully saturated rings. The lowest BCUT2D eigenvalue weighted by Gasteiger charge is -2.37. The molecule has 43 heavy (non-hydrogen) atoms. The van der Waals surface area contributed by atoms with E-state index < -0.39 is 12.4 Å². The van der Waals surface area contributed by atoms with Gasteiger partial charge in [0.05, 0.1) is 54.3 Å². The number of anilines is 1. The number of amidine groups is 1. The average molecular weight is 664 g/mol. The predicted molar refractivity (Wildman–Crippen MR) is 167 cm³/mol. The lowest BCUT2D eigenvalue weighted by atomic mass is 9.84. The summed E-state index contributed by atoms with van der Waals surface area (Å²) in [7, 11) is 1.61. The normalized spacial score (nSPS) is 16.0. The van der Waals surface area contributed by atoms with Gasteiger partial charge in [0.25, 0.3) is 0 Å². The van der Waals surface area contributed by atoms with E-state index >= 15 is 4.39 Å². The van der Waals surface area contributed by atoms with Crippen molar-refractivity contribution >= 4 is 39.4 Å². The molecule has 10 nitrogen and oxygen atoms in total. The van der Waals surface area contributed by atoms with Crippen LogP contribution in [0.15, 0.2) is 22.2 Å². The molecule has 0 spiro atoms. The van der Waals surface area contributed by atoms with E-state index in [9.17, 15) is 14.7 Å². The second-order valence-electron chi connectivity index (χ2n) is 11.5. The summed E-state index contributed by atoms with van der Waals surface area (Å²) in [4.78, 5) is 31.4. The Morgan fingerprint density at radius 1 is 1.05 bits per heavy atom. The number of fused-ring (bicyclic) bond motifs is 1. The third-order valence-corrected chi connectivity index (χ3v) is 8.00. The highest BCUT2D eigenvalue weighted by molar-refractivity contribution is 9.08. The van der Waals surface area contributed by atoms with E-state index in [1.54, 1.807) is 29.9 Å². The van der Waals surface area contributed by atoms with Crippen molar-refractivity contribution in [3.05, 3.63) is 46.3 Å². The van der Waals surface area contributed by atoms with Gasteiger partial charge in [0, 0.05) is 43.9 Å². The van der Waals surface area contributed by atoms with E-state index in [0.717, 1.165) is 11.3 Å². The third-order valence-electron chi connectivity index (χ3n) is 7.67. The minimum Gasteiger partial charge on any atom is -0.494 e. The number of carbonyl (C=O) groups is 2. The van der Waals surface area contributed by atoms with Crippen LogP contribution in [0.5, 0.6) is 17.2 Å². The fourth-order valence-electron chi connectivity index (χ4n) is 5.57. The van der Waals surface area contributed by atoms with Crippen LogP contribution in [0.1, 0.15) is 61.7 Å². The van der Waals surface area contributed by atoms with E-state index in [0.29, 0.717) is 61.2 Å². The van der Waals surface area contributed by atoms with Crippen LogP contribution in [0.25, 0.3) is 0 Å². The zero-order valence-electron chi connectivity index (χ0n) is 25.6. The lowest BCUT2D eigenvalue weighted by molar-refractivity contribution is -0.134. The summed E-state index contributed by atoms with van der Waals surface area (Å²) in [6, 6.07) is 5.44. The second kappa shape index (κ2) is 13.5. The maximum atomic E-state index is 15.8. The highest BCUT2D eigenvalue weighted by Crippen LogP contribution is 2.42. The van der Waals surface area contributed by atoms with Crippen LogP contribution < -0.4 is 19.1 Å². The molecular weight excluding hydrogens is 623 g/mol. The molecule has 12 heteroatoms. The smallest absolute Gasteiger partial charge is 0.248 e. The Morgan fingerprint density at radius 2 is 1.72 bits per heavy atom. The van der Waals surface area contributed by atoms with Crippen LogP contribution in [-0.2, 0) is 16.8 Å². The van der Waals surface area contributed by atoms with Crippen molar-refractivity contribution in [2.24, 2.45) is 4.02 Å². The molecule has 4 rings (SSSR count). The number of amides is 1. The van der Waals surface area contributed by atoms with Gasteiger partial charge in [-0.05, 0) is 43.0 Å². The summed E-state index contributed by atoms with van der Waals surface area (Å²) in [6.07, 6.45) is 0. The first kappa shape index (κ1) is 32.5. The van der Waals surface area contributed by atoms with Gasteiger partial charge in [-0.15, -0.1) is 0 Å². The van der Waals surface area contributed by atoms with Crippen molar-refractivity contribution in [3.8, 4) is 17.2 Å². The predicted octanol–water partition coefficient (Wildman–Crippen LogP) is 4.33. The monoisotopic (exact) mass is 662 g/mol. The number of aliphatic hydroxyl groups is 1. The molecule has 2 aliphatic rings. The highest BCUT2D eigenvalue weighted by Gasteiger charge is 2.35. The highest BCUT2D eigenvalue weighted by atomic mass is 79.9. The quantitative estimate of drug-likeness (QED) is 0.375. The largest absolute Gasteiger partial charge is 0.494 e. The summed E-state index contributed by atoms with van der Waals surface area (Å²) >= 11 is 3.15. The lowest BCUT2D eigenvalue weighted by Crippen LogP contribution is -2.49. The standard InChI is InChI=1S/C31H40BrFN4O6/c1-7-42-24-15-20-16-37(30(34-32)26(20)27(33)29(24)43-8-2)17-23(39)19-13-21(31(3,4)5)28(41-6)22(14-19)35-9-11-36(12-10-35)25(40)18-38/h13-15,38H,7-12,16-18H2,1-6H3. The van der Waals surface area contributed by atoms with E-state index in [1.807, 2.05) is 19.1 Å². The zero-order chi connectivity index (χ0) is 31.5. The Labute approximate surface area is 260 Å². The number of hydrogen-bond acceptors (Lipinski definition) is 8. The molecule has 1 saturated heterocycles. The molecule has 2 heterocycles. The van der Waals surface area contributed by atoms with Crippen LogP contribution in [0, 0.1) is 5.82 Å². The van der Waals surface area contributed by atoms with E-state index in [1.165, 1.54) is 0 Å². The number of aliphatic hydroxyl groups excluding tert-OH is 1. The van der Waals surface area contributed by atoms with Crippen molar-refractivity contribution < 1.29 is 33.3 Å². The van der Waals surface area contributed by atoms with Crippen molar-refractivity contribution in [1.29, 1.82) is 0 Å². The molecule has 0 unspecified atom stereocenters. The minimum absolute atomic E-state index is 0.0281. The fraction of sp³-hybridized carbons (Fsp3) is 0.516. The van der Waals surface area contributed by atoms with Gasteiger partial charge in [-0.2, -0.15) is 4.02 Å². The molecule has 1 amide bonds. The molecule has 0 saturated carbocycles. The third kappa shape index (κ3) is 6.59. The van der Waals surface area contributed by atoms with Gasteiger partial charge in [0.2, 0.25) is 5.91 Å². The number of hydrogen-bond donors (Lipinski definition) is 1. The van der Waals surface area contributed by atoms with Crippen molar-refractivity contribution in [2.45, 2.75) is 46.6 Å². The molecule has 0 aromatic heterocycles. The molecule has 0 radical (unpaired) electrons. The van der Waals surface area contributed by atoms with Gasteiger partial charge in [-0.1, -0.05) is 20.8 Å². The number of halogens is 2. The first-order valence-electron chi connectivity index (χ1n) is 14.4. The summed E-state index contributed by atoms with van der Waals surface area (Å²) in [5.41, 5.74) is 2.71. The topological polar surface area (TPSA) is 104 Å². The molecule has 0 atom stereocenters. The maximum Gasteiger partial charge on any atom is 0.248 e. The van der Waals surface area contributed by atoms with Gasteiger partial charge >= 0.3 is 0 Å². The van der Waals surface area contributed by atoms with E-state index in [2.05, 4.69) is 45.8 Å². The number of methoxy groups -OCH3 is 1. The van der Waals surface area contributed by atoms with Crippen molar-refractivity contribution in [3.63, 3.8) is 0 Å². The van der Waals surface area contributed by atoms with Gasteiger partial charge < -0.3 is 34.0 Å². The molecule has 1 N–H and O–H groups in total. The number of nitrogens with zero attached hydrogens (tertiary/aromatic N) is 4. The van der Waals surface area contributed by atoms with E-state index in [-0.39, 0.29) is 48.1 Å². The van der Waals surface area contributed by atoms with E-state index in [4.69, 9.17) is 14.2 Å². The summed E-state index contributed by atoms with van der Waals surface area (Å²) < 4.78 is 37.1. The Balaban J connectivity index is 1.68. The van der Waals surface area contributed by atoms with Crippen LogP contribution in [0.4, 0.5) is 10.1 Å². The molecule has 2 aromatic rings. The molecule has 0 bridgehead atoms.